The van der Waals surface area contributed by atoms with Crippen LogP contribution in [0, 0.1) is 0 Å². The van der Waals surface area contributed by atoms with Crippen molar-refractivity contribution in [2.24, 2.45) is 5.10 Å². The van der Waals surface area contributed by atoms with Gasteiger partial charge in [-0.1, -0.05) is 48.5 Å². The number of rotatable bonds is 4. The first-order valence-electron chi connectivity index (χ1n) is 6.49. The molecule has 0 radical (unpaired) electrons. The van der Waals surface area contributed by atoms with E-state index in [1.807, 2.05) is 67.6 Å². The van der Waals surface area contributed by atoms with E-state index in [2.05, 4.69) is 26.5 Å². The highest BCUT2D eigenvalue weighted by Crippen LogP contribution is 2.15. The highest BCUT2D eigenvalue weighted by Gasteiger charge is 2.07. The Bertz CT molecular complexity index is 678. The molecule has 1 N–H and O–H groups in total. The molecule has 0 heterocycles. The number of carbonyl (C=O) groups is 1. The fourth-order valence-electron chi connectivity index (χ4n) is 1.66. The molecule has 0 saturated carbocycles. The second-order valence-electron chi connectivity index (χ2n) is 4.42. The lowest BCUT2D eigenvalue weighted by molar-refractivity contribution is 0.0954. The molecule has 0 spiro atoms. The third-order valence-electron chi connectivity index (χ3n) is 2.77. The summed E-state index contributed by atoms with van der Waals surface area (Å²) >= 11 is 3.34. The number of carbonyl (C=O) groups excluding carboxylic acids is 1. The van der Waals surface area contributed by atoms with Gasteiger partial charge >= 0.3 is 0 Å². The van der Waals surface area contributed by atoms with Gasteiger partial charge in [0.15, 0.2) is 0 Å². The highest BCUT2D eigenvalue weighted by atomic mass is 79.9. The van der Waals surface area contributed by atoms with E-state index in [0.717, 1.165) is 15.7 Å². The molecule has 2 aromatic rings. The van der Waals surface area contributed by atoms with Gasteiger partial charge in [0.25, 0.3) is 5.91 Å². The van der Waals surface area contributed by atoms with Gasteiger partial charge in [0.05, 0.1) is 11.3 Å². The van der Waals surface area contributed by atoms with Gasteiger partial charge in [-0.15, -0.1) is 0 Å². The largest absolute Gasteiger partial charge is 0.272 e. The first-order valence-corrected chi connectivity index (χ1v) is 7.28. The molecule has 0 aliphatic carbocycles. The zero-order valence-electron chi connectivity index (χ0n) is 11.6. The van der Waals surface area contributed by atoms with Crippen molar-refractivity contribution >= 4 is 33.6 Å². The molecule has 0 aromatic heterocycles. The van der Waals surface area contributed by atoms with E-state index in [0.29, 0.717) is 5.56 Å². The lowest BCUT2D eigenvalue weighted by atomic mass is 10.2. The Hall–Kier alpha value is -2.20. The minimum Gasteiger partial charge on any atom is -0.267 e. The van der Waals surface area contributed by atoms with Gasteiger partial charge in [-0.2, -0.15) is 5.10 Å². The molecule has 4 heteroatoms. The zero-order valence-corrected chi connectivity index (χ0v) is 13.2. The summed E-state index contributed by atoms with van der Waals surface area (Å²) in [6.07, 6.45) is 3.80. The minimum atomic E-state index is -0.241. The van der Waals surface area contributed by atoms with E-state index >= 15 is 0 Å². The van der Waals surface area contributed by atoms with Crippen molar-refractivity contribution in [3.05, 3.63) is 76.3 Å². The summed E-state index contributed by atoms with van der Waals surface area (Å²) in [6, 6.07) is 17.2. The van der Waals surface area contributed by atoms with E-state index in [1.54, 1.807) is 6.07 Å². The molecule has 2 rings (SSSR count). The Morgan fingerprint density at radius 2 is 1.76 bits per heavy atom. The number of amides is 1. The van der Waals surface area contributed by atoms with Gasteiger partial charge in [0, 0.05) is 4.47 Å². The van der Waals surface area contributed by atoms with E-state index in [9.17, 15) is 4.79 Å². The second kappa shape index (κ2) is 7.55. The first kappa shape index (κ1) is 15.2. The van der Waals surface area contributed by atoms with Crippen LogP contribution in [0.4, 0.5) is 0 Å². The smallest absolute Gasteiger partial charge is 0.267 e. The highest BCUT2D eigenvalue weighted by molar-refractivity contribution is 9.10. The Labute approximate surface area is 132 Å². The summed E-state index contributed by atoms with van der Waals surface area (Å²) in [5.74, 6) is -0.241. The van der Waals surface area contributed by atoms with Crippen LogP contribution in [0.3, 0.4) is 0 Å². The van der Waals surface area contributed by atoms with Gasteiger partial charge in [-0.3, -0.25) is 4.79 Å². The maximum atomic E-state index is 12.0. The number of nitrogens with one attached hydrogen (secondary N) is 1. The quantitative estimate of drug-likeness (QED) is 0.654. The molecule has 106 valence electrons. The van der Waals surface area contributed by atoms with Crippen LogP contribution in [0.2, 0.25) is 0 Å². The number of benzene rings is 2. The van der Waals surface area contributed by atoms with Crippen LogP contribution < -0.4 is 5.43 Å². The zero-order chi connectivity index (χ0) is 15.1. The van der Waals surface area contributed by atoms with Crippen molar-refractivity contribution in [1.82, 2.24) is 5.43 Å². The van der Waals surface area contributed by atoms with E-state index in [1.165, 1.54) is 0 Å². The SMILES string of the molecule is CC(/C=C/c1ccccc1)=N\NC(=O)c1ccccc1Br. The number of allylic oxidation sites excluding steroid dienone is 1. The van der Waals surface area contributed by atoms with Crippen LogP contribution in [0.15, 0.2) is 70.2 Å². The molecule has 0 aliphatic heterocycles. The Kier molecular flexibility index (Phi) is 5.46. The molecule has 2 aromatic carbocycles. The molecule has 0 atom stereocenters. The van der Waals surface area contributed by atoms with Gasteiger partial charge in [-0.25, -0.2) is 5.43 Å². The minimum absolute atomic E-state index is 0.241. The van der Waals surface area contributed by atoms with Crippen LogP contribution in [-0.4, -0.2) is 11.6 Å². The van der Waals surface area contributed by atoms with Crippen LogP contribution in [0.25, 0.3) is 6.08 Å². The lowest BCUT2D eigenvalue weighted by Crippen LogP contribution is -2.19. The van der Waals surface area contributed by atoms with E-state index in [-0.39, 0.29) is 5.91 Å². The predicted octanol–water partition coefficient (Wildman–Crippen LogP) is 4.27. The summed E-state index contributed by atoms with van der Waals surface area (Å²) in [5.41, 5.74) is 4.91. The van der Waals surface area contributed by atoms with Crippen LogP contribution >= 0.6 is 15.9 Å². The fourth-order valence-corrected chi connectivity index (χ4v) is 2.13. The van der Waals surface area contributed by atoms with Gasteiger partial charge in [-0.05, 0) is 46.6 Å². The molecule has 0 saturated heterocycles. The van der Waals surface area contributed by atoms with Crippen LogP contribution in [0.1, 0.15) is 22.8 Å². The summed E-state index contributed by atoms with van der Waals surface area (Å²) in [4.78, 5) is 12.0. The number of nitrogens with zero attached hydrogens (tertiary/aromatic N) is 1. The van der Waals surface area contributed by atoms with Gasteiger partial charge in [0.2, 0.25) is 0 Å². The molecule has 3 nitrogen and oxygen atoms in total. The third kappa shape index (κ3) is 4.68. The van der Waals surface area contributed by atoms with E-state index < -0.39 is 0 Å². The van der Waals surface area contributed by atoms with Gasteiger partial charge < -0.3 is 0 Å². The second-order valence-corrected chi connectivity index (χ2v) is 5.27. The summed E-state index contributed by atoms with van der Waals surface area (Å²) in [7, 11) is 0. The molecule has 1 amide bonds. The molecular weight excluding hydrogens is 328 g/mol. The van der Waals surface area contributed by atoms with Gasteiger partial charge in [0.1, 0.15) is 0 Å². The topological polar surface area (TPSA) is 41.5 Å². The Morgan fingerprint density at radius 1 is 1.10 bits per heavy atom. The Balaban J connectivity index is 1.99. The van der Waals surface area contributed by atoms with Crippen molar-refractivity contribution in [2.75, 3.05) is 0 Å². The molecule has 0 fully saturated rings. The molecular formula is C17H15BrN2O. The van der Waals surface area contributed by atoms with Crippen molar-refractivity contribution in [3.63, 3.8) is 0 Å². The maximum Gasteiger partial charge on any atom is 0.272 e. The van der Waals surface area contributed by atoms with Crippen molar-refractivity contribution < 1.29 is 4.79 Å². The standard InChI is InChI=1S/C17H15BrN2O/c1-13(11-12-14-7-3-2-4-8-14)19-20-17(21)15-9-5-6-10-16(15)18/h2-12H,1H3,(H,20,21)/b12-11+,19-13+. The average molecular weight is 343 g/mol. The average Bonchev–Trinajstić information content (AvgIpc) is 2.52. The lowest BCUT2D eigenvalue weighted by Gasteiger charge is -2.02. The van der Waals surface area contributed by atoms with Crippen LogP contribution in [0.5, 0.6) is 0 Å². The summed E-state index contributed by atoms with van der Waals surface area (Å²) in [6.45, 7) is 1.83. The predicted molar refractivity (Wildman–Crippen MR) is 90.2 cm³/mol. The van der Waals surface area contributed by atoms with Crippen molar-refractivity contribution in [3.8, 4) is 0 Å². The summed E-state index contributed by atoms with van der Waals surface area (Å²) in [5, 5.41) is 4.07. The first-order chi connectivity index (χ1) is 10.2. The molecule has 0 unspecified atom stereocenters. The van der Waals surface area contributed by atoms with E-state index in [4.69, 9.17) is 0 Å². The molecule has 21 heavy (non-hydrogen) atoms. The monoisotopic (exact) mass is 342 g/mol. The Morgan fingerprint density at radius 3 is 2.48 bits per heavy atom. The van der Waals surface area contributed by atoms with Crippen LogP contribution in [-0.2, 0) is 0 Å². The third-order valence-corrected chi connectivity index (χ3v) is 3.46. The maximum absolute atomic E-state index is 12.0. The normalized spacial score (nSPS) is 11.6. The summed E-state index contributed by atoms with van der Waals surface area (Å²) < 4.78 is 0.746. The number of hydrogen-bond donors (Lipinski definition) is 1. The fraction of sp³-hybridized carbons (Fsp3) is 0.0588. The van der Waals surface area contributed by atoms with Crippen molar-refractivity contribution in [2.45, 2.75) is 6.92 Å². The number of hydrogen-bond acceptors (Lipinski definition) is 2. The number of halogens is 1. The molecule has 0 aliphatic rings. The van der Waals surface area contributed by atoms with Crippen molar-refractivity contribution in [1.29, 1.82) is 0 Å². The molecule has 0 bridgehead atoms. The number of hydrazone groups is 1.